The van der Waals surface area contributed by atoms with Gasteiger partial charge in [0.05, 0.1) is 11.5 Å². The van der Waals surface area contributed by atoms with E-state index in [-0.39, 0.29) is 17.7 Å². The molecular weight excluding hydrogens is 264 g/mol. The van der Waals surface area contributed by atoms with E-state index in [1.165, 1.54) is 0 Å². The molecule has 2 atom stereocenters. The quantitative estimate of drug-likeness (QED) is 0.752. The van der Waals surface area contributed by atoms with Crippen LogP contribution in [0.3, 0.4) is 0 Å². The van der Waals surface area contributed by atoms with Crippen molar-refractivity contribution in [2.24, 2.45) is 5.92 Å². The second kappa shape index (κ2) is 4.29. The summed E-state index contributed by atoms with van der Waals surface area (Å²) in [5, 5.41) is 0. The number of hydrogen-bond donors (Lipinski definition) is 0. The third-order valence-electron chi connectivity index (χ3n) is 4.47. The number of fused-ring (bicyclic) bond motifs is 2. The largest absolute Gasteiger partial charge is 0.453 e. The van der Waals surface area contributed by atoms with Crippen molar-refractivity contribution in [1.29, 1.82) is 0 Å². The second-order valence-electron chi connectivity index (χ2n) is 5.70. The van der Waals surface area contributed by atoms with Crippen molar-refractivity contribution in [2.45, 2.75) is 19.4 Å². The van der Waals surface area contributed by atoms with Crippen LogP contribution in [-0.4, -0.2) is 11.8 Å². The van der Waals surface area contributed by atoms with Gasteiger partial charge in [0.2, 0.25) is 0 Å². The van der Waals surface area contributed by atoms with E-state index < -0.39 is 6.10 Å². The smallest absolute Gasteiger partial charge is 0.339 e. The molecule has 4 rings (SSSR count). The first-order valence-electron chi connectivity index (χ1n) is 7.09. The molecular formula is C18H14O3. The standard InChI is InChI=1S/C18H14O3/c1-10-5-4-6-11-9-14(16(19)15(10)11)17-12-7-2-3-8-13(12)18(20)21-17/h2-8,14,17H,9H2,1H3/t14-,17-/m1/s1. The van der Waals surface area contributed by atoms with Crippen molar-refractivity contribution < 1.29 is 14.3 Å². The summed E-state index contributed by atoms with van der Waals surface area (Å²) in [6, 6.07) is 13.3. The predicted molar refractivity (Wildman–Crippen MR) is 77.3 cm³/mol. The highest BCUT2D eigenvalue weighted by atomic mass is 16.5. The molecule has 0 unspecified atom stereocenters. The summed E-state index contributed by atoms with van der Waals surface area (Å²) in [7, 11) is 0. The summed E-state index contributed by atoms with van der Waals surface area (Å²) in [6.07, 6.45) is 0.190. The molecule has 104 valence electrons. The molecule has 2 aromatic rings. The maximum atomic E-state index is 12.7. The Hall–Kier alpha value is -2.42. The molecule has 1 aliphatic carbocycles. The molecule has 0 spiro atoms. The number of rotatable bonds is 1. The monoisotopic (exact) mass is 278 g/mol. The number of aryl methyl sites for hydroxylation is 1. The van der Waals surface area contributed by atoms with Gasteiger partial charge in [-0.05, 0) is 30.5 Å². The van der Waals surface area contributed by atoms with Gasteiger partial charge in [-0.25, -0.2) is 4.79 Å². The summed E-state index contributed by atoms with van der Waals surface area (Å²) in [4.78, 5) is 24.7. The summed E-state index contributed by atoms with van der Waals surface area (Å²) in [5.41, 5.74) is 4.29. The minimum Gasteiger partial charge on any atom is -0.453 e. The summed E-state index contributed by atoms with van der Waals surface area (Å²) >= 11 is 0. The third kappa shape index (κ3) is 1.67. The first kappa shape index (κ1) is 12.3. The number of carbonyl (C=O) groups is 2. The number of Topliss-reactive ketones (excluding diaryl/α,β-unsaturated/α-hetero) is 1. The van der Waals surface area contributed by atoms with Gasteiger partial charge in [-0.2, -0.15) is 0 Å². The predicted octanol–water partition coefficient (Wildman–Crippen LogP) is 3.26. The van der Waals surface area contributed by atoms with Gasteiger partial charge in [0.25, 0.3) is 0 Å². The van der Waals surface area contributed by atoms with E-state index in [9.17, 15) is 9.59 Å². The zero-order chi connectivity index (χ0) is 14.6. The van der Waals surface area contributed by atoms with Gasteiger partial charge >= 0.3 is 5.97 Å². The highest BCUT2D eigenvalue weighted by Crippen LogP contribution is 2.42. The molecule has 0 saturated heterocycles. The van der Waals surface area contributed by atoms with Crippen LogP contribution in [0.2, 0.25) is 0 Å². The molecule has 0 fully saturated rings. The molecule has 2 aliphatic rings. The molecule has 3 nitrogen and oxygen atoms in total. The Morgan fingerprint density at radius 1 is 1.05 bits per heavy atom. The Kier molecular flexibility index (Phi) is 2.52. The van der Waals surface area contributed by atoms with E-state index in [4.69, 9.17) is 4.74 Å². The summed E-state index contributed by atoms with van der Waals surface area (Å²) in [5.74, 6) is -0.526. The fourth-order valence-electron chi connectivity index (χ4n) is 3.48. The van der Waals surface area contributed by atoms with Crippen molar-refractivity contribution in [2.75, 3.05) is 0 Å². The number of ketones is 1. The number of hydrogen-bond acceptors (Lipinski definition) is 3. The summed E-state index contributed by atoms with van der Waals surface area (Å²) < 4.78 is 5.50. The number of esters is 1. The molecule has 0 amide bonds. The van der Waals surface area contributed by atoms with Crippen molar-refractivity contribution in [1.82, 2.24) is 0 Å². The maximum absolute atomic E-state index is 12.7. The lowest BCUT2D eigenvalue weighted by Crippen LogP contribution is -2.19. The number of carbonyl (C=O) groups excluding carboxylic acids is 2. The van der Waals surface area contributed by atoms with E-state index in [1.807, 2.05) is 43.3 Å². The average Bonchev–Trinajstić information content (AvgIpc) is 2.99. The van der Waals surface area contributed by atoms with Gasteiger partial charge in [0.15, 0.2) is 5.78 Å². The van der Waals surface area contributed by atoms with E-state index in [0.717, 1.165) is 22.3 Å². The van der Waals surface area contributed by atoms with Crippen LogP contribution in [0.25, 0.3) is 0 Å². The molecule has 1 heterocycles. The normalized spacial score (nSPS) is 22.9. The van der Waals surface area contributed by atoms with Crippen molar-refractivity contribution >= 4 is 11.8 Å². The maximum Gasteiger partial charge on any atom is 0.339 e. The van der Waals surface area contributed by atoms with Crippen LogP contribution in [0, 0.1) is 12.8 Å². The SMILES string of the molecule is Cc1cccc2c1C(=O)[C@H]([C@@H]1OC(=O)c3ccccc31)C2. The first-order valence-corrected chi connectivity index (χ1v) is 7.09. The minimum absolute atomic E-state index is 0.0950. The Morgan fingerprint density at radius 2 is 1.86 bits per heavy atom. The minimum atomic E-state index is -0.451. The number of benzene rings is 2. The first-order chi connectivity index (χ1) is 10.2. The van der Waals surface area contributed by atoms with Crippen LogP contribution in [0.1, 0.15) is 43.5 Å². The second-order valence-corrected chi connectivity index (χ2v) is 5.70. The average molecular weight is 278 g/mol. The van der Waals surface area contributed by atoms with Crippen LogP contribution >= 0.6 is 0 Å². The van der Waals surface area contributed by atoms with E-state index in [2.05, 4.69) is 0 Å². The molecule has 3 heteroatoms. The van der Waals surface area contributed by atoms with E-state index in [0.29, 0.717) is 12.0 Å². The number of ether oxygens (including phenoxy) is 1. The molecule has 0 aromatic heterocycles. The van der Waals surface area contributed by atoms with Crippen molar-refractivity contribution in [3.05, 3.63) is 70.3 Å². The molecule has 2 aromatic carbocycles. The fraction of sp³-hybridized carbons (Fsp3) is 0.222. The van der Waals surface area contributed by atoms with Gasteiger partial charge in [-0.3, -0.25) is 4.79 Å². The van der Waals surface area contributed by atoms with Crippen molar-refractivity contribution in [3.8, 4) is 0 Å². The van der Waals surface area contributed by atoms with Crippen LogP contribution in [0.15, 0.2) is 42.5 Å². The van der Waals surface area contributed by atoms with Gasteiger partial charge < -0.3 is 4.74 Å². The Bertz CT molecular complexity index is 776. The van der Waals surface area contributed by atoms with Gasteiger partial charge in [-0.1, -0.05) is 36.4 Å². The molecule has 0 radical (unpaired) electrons. The Labute approximate surface area is 122 Å². The molecule has 0 N–H and O–H groups in total. The van der Waals surface area contributed by atoms with Gasteiger partial charge in [0.1, 0.15) is 6.10 Å². The Balaban J connectivity index is 1.77. The van der Waals surface area contributed by atoms with E-state index in [1.54, 1.807) is 6.07 Å². The van der Waals surface area contributed by atoms with E-state index >= 15 is 0 Å². The molecule has 0 bridgehead atoms. The lowest BCUT2D eigenvalue weighted by Gasteiger charge is -2.16. The third-order valence-corrected chi connectivity index (χ3v) is 4.47. The topological polar surface area (TPSA) is 43.4 Å². The summed E-state index contributed by atoms with van der Waals surface area (Å²) in [6.45, 7) is 1.95. The zero-order valence-corrected chi connectivity index (χ0v) is 11.6. The zero-order valence-electron chi connectivity index (χ0n) is 11.6. The molecule has 1 aliphatic heterocycles. The molecule has 0 saturated carbocycles. The van der Waals surface area contributed by atoms with Crippen LogP contribution in [-0.2, 0) is 11.2 Å². The van der Waals surface area contributed by atoms with Crippen molar-refractivity contribution in [3.63, 3.8) is 0 Å². The lowest BCUT2D eigenvalue weighted by atomic mass is 9.91. The van der Waals surface area contributed by atoms with Crippen LogP contribution in [0.4, 0.5) is 0 Å². The fourth-order valence-corrected chi connectivity index (χ4v) is 3.48. The van der Waals surface area contributed by atoms with Crippen LogP contribution in [0.5, 0.6) is 0 Å². The highest BCUT2D eigenvalue weighted by molar-refractivity contribution is 6.05. The van der Waals surface area contributed by atoms with Crippen LogP contribution < -0.4 is 0 Å². The molecule has 21 heavy (non-hydrogen) atoms. The number of cyclic esters (lactones) is 1. The van der Waals surface area contributed by atoms with Gasteiger partial charge in [0, 0.05) is 11.1 Å². The highest BCUT2D eigenvalue weighted by Gasteiger charge is 2.44. The van der Waals surface area contributed by atoms with Gasteiger partial charge in [-0.15, -0.1) is 0 Å². The lowest BCUT2D eigenvalue weighted by molar-refractivity contribution is 0.0252. The Morgan fingerprint density at radius 3 is 2.67 bits per heavy atom.